The van der Waals surface area contributed by atoms with Crippen molar-refractivity contribution in [2.75, 3.05) is 0 Å². The van der Waals surface area contributed by atoms with Crippen LogP contribution in [0.5, 0.6) is 0 Å². The highest BCUT2D eigenvalue weighted by molar-refractivity contribution is 7.10. The topological polar surface area (TPSA) is 41.1 Å². The van der Waals surface area contributed by atoms with Crippen molar-refractivity contribution in [3.05, 3.63) is 21.9 Å². The average molecular weight is 341 g/mol. The van der Waals surface area contributed by atoms with Crippen LogP contribution in [0, 0.1) is 5.92 Å². The molecule has 3 unspecified atom stereocenters. The highest BCUT2D eigenvalue weighted by Crippen LogP contribution is 2.35. The van der Waals surface area contributed by atoms with E-state index in [0.717, 1.165) is 12.8 Å². The van der Waals surface area contributed by atoms with Gasteiger partial charge in [-0.25, -0.2) is 0 Å². The van der Waals surface area contributed by atoms with Crippen molar-refractivity contribution in [1.29, 1.82) is 0 Å². The Morgan fingerprint density at radius 2 is 2.05 bits per heavy atom. The fraction of sp³-hybridized carbons (Fsp3) is 0.706. The lowest BCUT2D eigenvalue weighted by Gasteiger charge is -2.30. The standard InChI is InChI=1S/C17H24N2OS.ClH/c20-17(10-11-8-12-4-5-13(9-11)18-12)19-15-2-1-3-16-14(15)6-7-21-16;/h6-7,11-13,15,18H,1-5,8-10H2,(H,19,20);1H. The summed E-state index contributed by atoms with van der Waals surface area (Å²) in [6.45, 7) is 0. The molecular formula is C17H25ClN2OS. The number of hydrogen-bond donors (Lipinski definition) is 2. The van der Waals surface area contributed by atoms with E-state index in [9.17, 15) is 4.79 Å². The molecule has 0 spiro atoms. The van der Waals surface area contributed by atoms with Crippen LogP contribution in [0.2, 0.25) is 0 Å². The maximum Gasteiger partial charge on any atom is 0.220 e. The molecule has 122 valence electrons. The van der Waals surface area contributed by atoms with Crippen LogP contribution in [-0.4, -0.2) is 18.0 Å². The Kier molecular flexibility index (Phi) is 5.10. The number of thiophene rings is 1. The molecule has 1 aromatic heterocycles. The van der Waals surface area contributed by atoms with E-state index in [-0.39, 0.29) is 24.4 Å². The molecule has 1 aliphatic carbocycles. The van der Waals surface area contributed by atoms with Crippen LogP contribution < -0.4 is 10.6 Å². The minimum atomic E-state index is 0. The molecule has 2 bridgehead atoms. The first-order valence-electron chi connectivity index (χ1n) is 8.39. The maximum atomic E-state index is 12.4. The lowest BCUT2D eigenvalue weighted by atomic mass is 9.88. The molecule has 3 heterocycles. The highest BCUT2D eigenvalue weighted by Gasteiger charge is 2.34. The fourth-order valence-corrected chi connectivity index (χ4v) is 5.48. The van der Waals surface area contributed by atoms with E-state index in [1.165, 1.54) is 49.0 Å². The molecule has 1 aromatic rings. The van der Waals surface area contributed by atoms with E-state index in [0.29, 0.717) is 18.0 Å². The second-order valence-corrected chi connectivity index (χ2v) is 7.99. The van der Waals surface area contributed by atoms with Crippen molar-refractivity contribution in [3.8, 4) is 0 Å². The summed E-state index contributed by atoms with van der Waals surface area (Å²) in [5, 5.41) is 9.13. The summed E-state index contributed by atoms with van der Waals surface area (Å²) in [7, 11) is 0. The van der Waals surface area contributed by atoms with Crippen molar-refractivity contribution in [1.82, 2.24) is 10.6 Å². The molecule has 2 saturated heterocycles. The molecule has 5 heteroatoms. The number of nitrogens with one attached hydrogen (secondary N) is 2. The molecule has 0 aromatic carbocycles. The first kappa shape index (κ1) is 16.3. The number of aryl methyl sites for hydroxylation is 1. The van der Waals surface area contributed by atoms with Gasteiger partial charge in [-0.3, -0.25) is 4.79 Å². The van der Waals surface area contributed by atoms with E-state index in [1.54, 1.807) is 0 Å². The molecule has 0 radical (unpaired) electrons. The minimum absolute atomic E-state index is 0. The number of piperidine rings is 1. The van der Waals surface area contributed by atoms with E-state index in [1.807, 2.05) is 11.3 Å². The van der Waals surface area contributed by atoms with E-state index in [4.69, 9.17) is 0 Å². The predicted octanol–water partition coefficient (Wildman–Crippen LogP) is 3.58. The lowest BCUT2D eigenvalue weighted by Crippen LogP contribution is -2.40. The largest absolute Gasteiger partial charge is 0.349 e. The molecule has 4 rings (SSSR count). The monoisotopic (exact) mass is 340 g/mol. The lowest BCUT2D eigenvalue weighted by molar-refractivity contribution is -0.123. The zero-order valence-corrected chi connectivity index (χ0v) is 14.5. The first-order chi connectivity index (χ1) is 10.3. The van der Waals surface area contributed by atoms with Crippen LogP contribution >= 0.6 is 23.7 Å². The van der Waals surface area contributed by atoms with Crippen molar-refractivity contribution in [2.45, 2.75) is 69.5 Å². The van der Waals surface area contributed by atoms with Crippen LogP contribution in [0.25, 0.3) is 0 Å². The third-order valence-electron chi connectivity index (χ3n) is 5.43. The Labute approximate surface area is 142 Å². The molecular weight excluding hydrogens is 316 g/mol. The van der Waals surface area contributed by atoms with E-state index in [2.05, 4.69) is 22.1 Å². The summed E-state index contributed by atoms with van der Waals surface area (Å²) >= 11 is 1.84. The van der Waals surface area contributed by atoms with Gasteiger partial charge in [0.05, 0.1) is 6.04 Å². The van der Waals surface area contributed by atoms with Crippen LogP contribution in [0.1, 0.15) is 61.4 Å². The van der Waals surface area contributed by atoms with Gasteiger partial charge in [0.25, 0.3) is 0 Å². The first-order valence-corrected chi connectivity index (χ1v) is 9.27. The normalized spacial score (nSPS) is 32.9. The van der Waals surface area contributed by atoms with Gasteiger partial charge in [0.1, 0.15) is 0 Å². The second kappa shape index (κ2) is 6.90. The molecule has 2 N–H and O–H groups in total. The number of fused-ring (bicyclic) bond motifs is 3. The number of rotatable bonds is 3. The number of hydrogen-bond acceptors (Lipinski definition) is 3. The van der Waals surface area contributed by atoms with Gasteiger partial charge in [-0.1, -0.05) is 0 Å². The number of halogens is 1. The van der Waals surface area contributed by atoms with Crippen molar-refractivity contribution < 1.29 is 4.79 Å². The Hall–Kier alpha value is -0.580. The zero-order chi connectivity index (χ0) is 14.2. The third kappa shape index (κ3) is 3.34. The summed E-state index contributed by atoms with van der Waals surface area (Å²) in [6.07, 6.45) is 9.23. The van der Waals surface area contributed by atoms with Gasteiger partial charge < -0.3 is 10.6 Å². The van der Waals surface area contributed by atoms with Gasteiger partial charge in [-0.2, -0.15) is 0 Å². The Morgan fingerprint density at radius 1 is 1.27 bits per heavy atom. The number of carbonyl (C=O) groups is 1. The van der Waals surface area contributed by atoms with Gasteiger partial charge in [0.15, 0.2) is 0 Å². The molecule has 3 aliphatic rings. The summed E-state index contributed by atoms with van der Waals surface area (Å²) in [5.41, 5.74) is 1.38. The Morgan fingerprint density at radius 3 is 2.82 bits per heavy atom. The summed E-state index contributed by atoms with van der Waals surface area (Å²) in [6, 6.07) is 3.83. The second-order valence-electron chi connectivity index (χ2n) is 6.99. The van der Waals surface area contributed by atoms with Crippen LogP contribution in [0.3, 0.4) is 0 Å². The quantitative estimate of drug-likeness (QED) is 0.883. The fourth-order valence-electron chi connectivity index (χ4n) is 4.49. The van der Waals surface area contributed by atoms with Crippen LogP contribution in [0.15, 0.2) is 11.4 Å². The molecule has 0 saturated carbocycles. The molecule has 22 heavy (non-hydrogen) atoms. The summed E-state index contributed by atoms with van der Waals surface area (Å²) < 4.78 is 0. The van der Waals surface area contributed by atoms with Crippen molar-refractivity contribution in [2.24, 2.45) is 5.92 Å². The molecule has 2 aliphatic heterocycles. The Balaban J connectivity index is 0.00000144. The SMILES string of the molecule is Cl.O=C(CC1CC2CCC(C1)N2)NC1CCCc2sccc21. The van der Waals surface area contributed by atoms with Gasteiger partial charge in [-0.05, 0) is 67.9 Å². The molecule has 3 atom stereocenters. The summed E-state index contributed by atoms with van der Waals surface area (Å²) in [4.78, 5) is 13.9. The molecule has 1 amide bonds. The van der Waals surface area contributed by atoms with E-state index >= 15 is 0 Å². The smallest absolute Gasteiger partial charge is 0.220 e. The van der Waals surface area contributed by atoms with Gasteiger partial charge in [0.2, 0.25) is 5.91 Å². The van der Waals surface area contributed by atoms with E-state index < -0.39 is 0 Å². The summed E-state index contributed by atoms with van der Waals surface area (Å²) in [5.74, 6) is 0.861. The van der Waals surface area contributed by atoms with Crippen LogP contribution in [-0.2, 0) is 11.2 Å². The van der Waals surface area contributed by atoms with Crippen molar-refractivity contribution in [3.63, 3.8) is 0 Å². The zero-order valence-electron chi connectivity index (χ0n) is 12.8. The predicted molar refractivity (Wildman–Crippen MR) is 92.7 cm³/mol. The third-order valence-corrected chi connectivity index (χ3v) is 6.43. The van der Waals surface area contributed by atoms with Crippen molar-refractivity contribution >= 4 is 29.7 Å². The Bertz CT molecular complexity index is 520. The highest BCUT2D eigenvalue weighted by atomic mass is 35.5. The maximum absolute atomic E-state index is 12.4. The number of amides is 1. The average Bonchev–Trinajstić information content (AvgIpc) is 3.06. The van der Waals surface area contributed by atoms with Gasteiger partial charge in [0, 0.05) is 23.4 Å². The van der Waals surface area contributed by atoms with Crippen LogP contribution in [0.4, 0.5) is 0 Å². The molecule has 2 fully saturated rings. The molecule has 3 nitrogen and oxygen atoms in total. The minimum Gasteiger partial charge on any atom is -0.349 e. The van der Waals surface area contributed by atoms with Gasteiger partial charge >= 0.3 is 0 Å². The number of carbonyl (C=O) groups excluding carboxylic acids is 1. The van der Waals surface area contributed by atoms with Gasteiger partial charge in [-0.15, -0.1) is 23.7 Å².